The number of halogens is 1. The monoisotopic (exact) mass is 387 g/mol. The van der Waals surface area contributed by atoms with Crippen molar-refractivity contribution < 1.29 is 14.7 Å². The second kappa shape index (κ2) is 6.97. The van der Waals surface area contributed by atoms with E-state index in [0.717, 1.165) is 10.5 Å². The van der Waals surface area contributed by atoms with E-state index in [0.29, 0.717) is 18.0 Å². The summed E-state index contributed by atoms with van der Waals surface area (Å²) >= 11 is 7.53. The van der Waals surface area contributed by atoms with Crippen molar-refractivity contribution in [2.45, 2.75) is 22.5 Å². The van der Waals surface area contributed by atoms with Crippen molar-refractivity contribution in [3.05, 3.63) is 64.7 Å². The Bertz CT molecular complexity index is 829. The number of nitrogens with zero attached hydrogens (tertiary/aromatic N) is 1. The highest BCUT2D eigenvalue weighted by molar-refractivity contribution is 8.01. The average molecular weight is 388 g/mol. The summed E-state index contributed by atoms with van der Waals surface area (Å²) in [5.41, 5.74) is 2.11. The lowest BCUT2D eigenvalue weighted by molar-refractivity contribution is -0.141. The molecule has 134 valence electrons. The quantitative estimate of drug-likeness (QED) is 0.872. The summed E-state index contributed by atoms with van der Waals surface area (Å²) < 4.78 is 0. The molecule has 4 nitrogen and oxygen atoms in total. The minimum Gasteiger partial charge on any atom is -0.481 e. The number of carbonyl (C=O) groups excluding carboxylic acids is 1. The number of benzene rings is 2. The summed E-state index contributed by atoms with van der Waals surface area (Å²) in [6.07, 6.45) is 0.708. The molecule has 1 amide bonds. The second-order valence-electron chi connectivity index (χ2n) is 6.76. The van der Waals surface area contributed by atoms with Crippen molar-refractivity contribution in [2.75, 3.05) is 13.1 Å². The predicted octanol–water partition coefficient (Wildman–Crippen LogP) is 3.68. The molecule has 6 heteroatoms. The molecule has 2 aromatic rings. The van der Waals surface area contributed by atoms with Gasteiger partial charge in [-0.25, -0.2) is 0 Å². The van der Waals surface area contributed by atoms with Crippen molar-refractivity contribution in [2.24, 2.45) is 5.92 Å². The average Bonchev–Trinajstić information content (AvgIpc) is 3.26. The van der Waals surface area contributed by atoms with Gasteiger partial charge in [-0.1, -0.05) is 41.9 Å². The molecule has 1 N–H and O–H groups in total. The maximum absolute atomic E-state index is 13.0. The Kier molecular flexibility index (Phi) is 4.67. The molecule has 0 aliphatic carbocycles. The van der Waals surface area contributed by atoms with E-state index in [1.807, 2.05) is 30.3 Å². The predicted molar refractivity (Wildman–Crippen MR) is 102 cm³/mol. The molecule has 0 spiro atoms. The van der Waals surface area contributed by atoms with Gasteiger partial charge < -0.3 is 10.0 Å². The zero-order valence-corrected chi connectivity index (χ0v) is 15.5. The molecule has 1 fully saturated rings. The number of thioether (sulfide) groups is 1. The molecule has 2 heterocycles. The number of hydrogen-bond donors (Lipinski definition) is 1. The minimum atomic E-state index is -0.859. The molecule has 0 radical (unpaired) electrons. The number of hydrogen-bond acceptors (Lipinski definition) is 3. The Morgan fingerprint density at radius 3 is 2.50 bits per heavy atom. The summed E-state index contributed by atoms with van der Waals surface area (Å²) in [5.74, 6) is -1.62. The van der Waals surface area contributed by atoms with Gasteiger partial charge in [0.05, 0.1) is 11.2 Å². The molecular formula is C20H18ClNO3S. The van der Waals surface area contributed by atoms with Gasteiger partial charge >= 0.3 is 5.97 Å². The van der Waals surface area contributed by atoms with Crippen LogP contribution in [0.25, 0.3) is 0 Å². The first kappa shape index (κ1) is 17.4. The molecule has 0 bridgehead atoms. The zero-order valence-electron chi connectivity index (χ0n) is 14.0. The number of likely N-dealkylation sites (tertiary alicyclic amines) is 1. The minimum absolute atomic E-state index is 0.0360. The first-order valence-corrected chi connectivity index (χ1v) is 9.80. The Labute approximate surface area is 161 Å². The molecule has 0 saturated carbocycles. The molecular weight excluding hydrogens is 370 g/mol. The zero-order chi connectivity index (χ0) is 18.3. The lowest BCUT2D eigenvalue weighted by atomic mass is 9.89. The molecule has 2 aliphatic rings. The van der Waals surface area contributed by atoms with Crippen molar-refractivity contribution in [3.8, 4) is 0 Å². The second-order valence-corrected chi connectivity index (χ2v) is 8.45. The van der Waals surface area contributed by atoms with Gasteiger partial charge in [-0.2, -0.15) is 0 Å². The highest BCUT2D eigenvalue weighted by Gasteiger charge is 2.43. The van der Waals surface area contributed by atoms with Crippen molar-refractivity contribution in [1.29, 1.82) is 0 Å². The van der Waals surface area contributed by atoms with E-state index in [2.05, 4.69) is 6.07 Å². The van der Waals surface area contributed by atoms with E-state index >= 15 is 0 Å². The number of aliphatic carboxylic acids is 1. The topological polar surface area (TPSA) is 57.6 Å². The van der Waals surface area contributed by atoms with Crippen molar-refractivity contribution in [3.63, 3.8) is 0 Å². The lowest BCUT2D eigenvalue weighted by Gasteiger charge is -2.20. The fourth-order valence-electron chi connectivity index (χ4n) is 3.81. The van der Waals surface area contributed by atoms with E-state index in [-0.39, 0.29) is 23.6 Å². The molecule has 0 aromatic heterocycles. The van der Waals surface area contributed by atoms with E-state index in [4.69, 9.17) is 11.6 Å². The number of carbonyl (C=O) groups is 2. The van der Waals surface area contributed by atoms with Gasteiger partial charge in [0.2, 0.25) is 5.91 Å². The van der Waals surface area contributed by atoms with Gasteiger partial charge in [-0.05, 0) is 35.7 Å². The van der Waals surface area contributed by atoms with Gasteiger partial charge in [0.25, 0.3) is 0 Å². The lowest BCUT2D eigenvalue weighted by Crippen LogP contribution is -2.36. The summed E-state index contributed by atoms with van der Waals surface area (Å²) in [4.78, 5) is 27.6. The van der Waals surface area contributed by atoms with Crippen LogP contribution >= 0.6 is 23.4 Å². The number of amides is 1. The fourth-order valence-corrected chi connectivity index (χ4v) is 5.21. The molecule has 26 heavy (non-hydrogen) atoms. The number of fused-ring (bicyclic) bond motifs is 1. The summed E-state index contributed by atoms with van der Waals surface area (Å²) in [6.45, 7) is 0.694. The first-order valence-electron chi connectivity index (χ1n) is 8.54. The van der Waals surface area contributed by atoms with Crippen molar-refractivity contribution >= 4 is 35.2 Å². The Morgan fingerprint density at radius 1 is 1.08 bits per heavy atom. The summed E-state index contributed by atoms with van der Waals surface area (Å²) in [5, 5.41) is 10.1. The summed E-state index contributed by atoms with van der Waals surface area (Å²) in [7, 11) is 0. The van der Waals surface area contributed by atoms with E-state index in [9.17, 15) is 14.7 Å². The normalized spacial score (nSPS) is 24.5. The molecule has 1 saturated heterocycles. The van der Waals surface area contributed by atoms with Crippen molar-refractivity contribution in [1.82, 2.24) is 4.90 Å². The van der Waals surface area contributed by atoms with Crippen LogP contribution < -0.4 is 0 Å². The van der Waals surface area contributed by atoms with E-state index < -0.39 is 11.9 Å². The van der Waals surface area contributed by atoms with Gasteiger partial charge in [0.15, 0.2) is 0 Å². The number of rotatable bonds is 3. The third-order valence-electron chi connectivity index (χ3n) is 5.17. The Balaban J connectivity index is 1.52. The maximum Gasteiger partial charge on any atom is 0.308 e. The van der Waals surface area contributed by atoms with Crippen LogP contribution in [-0.2, 0) is 16.0 Å². The fraction of sp³-hybridized carbons (Fsp3) is 0.300. The van der Waals surface area contributed by atoms with Gasteiger partial charge in [0.1, 0.15) is 0 Å². The number of carboxylic acid groups (broad SMARTS) is 1. The maximum atomic E-state index is 13.0. The van der Waals surface area contributed by atoms with E-state index in [1.54, 1.807) is 28.8 Å². The highest BCUT2D eigenvalue weighted by Crippen LogP contribution is 2.40. The van der Waals surface area contributed by atoms with Crippen LogP contribution in [0.2, 0.25) is 5.02 Å². The largest absolute Gasteiger partial charge is 0.481 e. The molecule has 2 aromatic carbocycles. The van der Waals surface area contributed by atoms with Crippen LogP contribution in [0.3, 0.4) is 0 Å². The summed E-state index contributed by atoms with van der Waals surface area (Å²) in [6, 6.07) is 15.3. The SMILES string of the molecule is O=C(O)[C@@H]1CN(C(=O)C2Cc3ccccc3S2)C[C@H]1c1ccc(Cl)cc1. The highest BCUT2D eigenvalue weighted by atomic mass is 35.5. The van der Waals surface area contributed by atoms with E-state index in [1.165, 1.54) is 5.56 Å². The smallest absolute Gasteiger partial charge is 0.308 e. The van der Waals surface area contributed by atoms with Gasteiger partial charge in [-0.3, -0.25) is 9.59 Å². The van der Waals surface area contributed by atoms with Crippen LogP contribution in [-0.4, -0.2) is 40.2 Å². The van der Waals surface area contributed by atoms with Crippen LogP contribution in [0.5, 0.6) is 0 Å². The third-order valence-corrected chi connectivity index (χ3v) is 6.73. The van der Waals surface area contributed by atoms with Gasteiger partial charge in [-0.15, -0.1) is 11.8 Å². The third kappa shape index (κ3) is 3.21. The van der Waals surface area contributed by atoms with Gasteiger partial charge in [0, 0.05) is 28.9 Å². The van der Waals surface area contributed by atoms with Crippen LogP contribution in [0.4, 0.5) is 0 Å². The van der Waals surface area contributed by atoms with Crippen LogP contribution in [0.15, 0.2) is 53.4 Å². The molecule has 2 aliphatic heterocycles. The molecule has 1 unspecified atom stereocenters. The standard InChI is InChI=1S/C20H18ClNO3S/c21-14-7-5-12(6-8-14)15-10-22(11-16(15)20(24)25)19(23)18-9-13-3-1-2-4-17(13)26-18/h1-8,15-16,18H,9-11H2,(H,24,25)/t15-,16+,18?/m0/s1. The molecule has 3 atom stereocenters. The molecule has 4 rings (SSSR count). The van der Waals surface area contributed by atoms with Crippen LogP contribution in [0, 0.1) is 5.92 Å². The number of carboxylic acids is 1. The Morgan fingerprint density at radius 2 is 1.81 bits per heavy atom. The van der Waals surface area contributed by atoms with Crippen LogP contribution in [0.1, 0.15) is 17.0 Å². The Hall–Kier alpha value is -1.98. The first-order chi connectivity index (χ1) is 12.5.